The highest BCUT2D eigenvalue weighted by Crippen LogP contribution is 2.10. The Balaban J connectivity index is 1.46. The zero-order chi connectivity index (χ0) is 18.0. The van der Waals surface area contributed by atoms with E-state index in [1.165, 1.54) is 11.1 Å². The van der Waals surface area contributed by atoms with E-state index in [0.29, 0.717) is 5.95 Å². The average Bonchev–Trinajstić information content (AvgIpc) is 2.71. The second-order valence-electron chi connectivity index (χ2n) is 6.18. The molecule has 6 heteroatoms. The van der Waals surface area contributed by atoms with Crippen LogP contribution in [0.3, 0.4) is 0 Å². The summed E-state index contributed by atoms with van der Waals surface area (Å²) in [6.45, 7) is 1.68. The van der Waals surface area contributed by atoms with Gasteiger partial charge in [-0.15, -0.1) is 5.10 Å². The smallest absolute Gasteiger partial charge is 0.244 e. The molecule has 2 heterocycles. The lowest BCUT2D eigenvalue weighted by atomic mass is 10.1. The third kappa shape index (κ3) is 5.51. The Morgan fingerprint density at radius 1 is 0.962 bits per heavy atom. The van der Waals surface area contributed by atoms with Gasteiger partial charge < -0.3 is 10.2 Å². The monoisotopic (exact) mass is 348 g/mol. The summed E-state index contributed by atoms with van der Waals surface area (Å²) in [5, 5.41) is 11.4. The van der Waals surface area contributed by atoms with Crippen LogP contribution in [0.4, 0.5) is 11.8 Å². The molecule has 0 spiro atoms. The van der Waals surface area contributed by atoms with Crippen molar-refractivity contribution in [3.05, 3.63) is 72.2 Å². The summed E-state index contributed by atoms with van der Waals surface area (Å²) >= 11 is 0. The molecule has 134 valence electrons. The molecule has 0 bridgehead atoms. The predicted octanol–water partition coefficient (Wildman–Crippen LogP) is 2.99. The molecule has 26 heavy (non-hydrogen) atoms. The van der Waals surface area contributed by atoms with Gasteiger partial charge in [0.15, 0.2) is 5.82 Å². The van der Waals surface area contributed by atoms with E-state index >= 15 is 0 Å². The quantitative estimate of drug-likeness (QED) is 0.600. The van der Waals surface area contributed by atoms with Crippen LogP contribution in [-0.4, -0.2) is 40.3 Å². The Hall–Kier alpha value is -3.02. The van der Waals surface area contributed by atoms with Gasteiger partial charge in [-0.05, 0) is 42.5 Å². The number of nitrogens with zero attached hydrogens (tertiary/aromatic N) is 5. The van der Waals surface area contributed by atoms with Crippen molar-refractivity contribution in [2.45, 2.75) is 19.3 Å². The maximum absolute atomic E-state index is 4.56. The largest absolute Gasteiger partial charge is 0.358 e. The van der Waals surface area contributed by atoms with Crippen molar-refractivity contribution in [3.63, 3.8) is 0 Å². The fourth-order valence-corrected chi connectivity index (χ4v) is 2.65. The zero-order valence-electron chi connectivity index (χ0n) is 15.0. The van der Waals surface area contributed by atoms with Gasteiger partial charge in [0.25, 0.3) is 0 Å². The maximum Gasteiger partial charge on any atom is 0.244 e. The van der Waals surface area contributed by atoms with Gasteiger partial charge in [-0.3, -0.25) is 4.98 Å². The van der Waals surface area contributed by atoms with Crippen molar-refractivity contribution >= 4 is 11.8 Å². The van der Waals surface area contributed by atoms with E-state index in [0.717, 1.165) is 38.2 Å². The molecule has 0 unspecified atom stereocenters. The van der Waals surface area contributed by atoms with Crippen LogP contribution in [0.15, 0.2) is 61.1 Å². The van der Waals surface area contributed by atoms with Crippen LogP contribution in [-0.2, 0) is 12.8 Å². The van der Waals surface area contributed by atoms with Crippen LogP contribution in [0, 0.1) is 0 Å². The van der Waals surface area contributed by atoms with Crippen LogP contribution in [0.2, 0.25) is 0 Å². The molecular formula is C20H24N6. The number of benzene rings is 1. The Labute approximate surface area is 154 Å². The molecule has 0 atom stereocenters. The summed E-state index contributed by atoms with van der Waals surface area (Å²) in [5.41, 5.74) is 2.60. The number of aromatic nitrogens is 4. The molecule has 0 fully saturated rings. The van der Waals surface area contributed by atoms with Crippen LogP contribution >= 0.6 is 0 Å². The molecule has 2 aromatic heterocycles. The van der Waals surface area contributed by atoms with E-state index in [2.05, 4.69) is 54.6 Å². The summed E-state index contributed by atoms with van der Waals surface area (Å²) in [6.07, 6.45) is 8.32. The molecule has 1 N–H and O–H groups in total. The molecule has 6 nitrogen and oxygen atoms in total. The highest BCUT2D eigenvalue weighted by atomic mass is 15.3. The minimum Gasteiger partial charge on any atom is -0.358 e. The number of nitrogens with one attached hydrogen (secondary N) is 1. The molecule has 0 aliphatic heterocycles. The SMILES string of the molecule is CN(CCc1ccncc1)c1cnnc(NCCCc2ccccc2)n1. The van der Waals surface area contributed by atoms with Crippen molar-refractivity contribution in [2.24, 2.45) is 0 Å². The minimum atomic E-state index is 0.575. The normalized spacial score (nSPS) is 10.5. The Morgan fingerprint density at radius 3 is 2.54 bits per heavy atom. The number of pyridine rings is 1. The van der Waals surface area contributed by atoms with E-state index in [-0.39, 0.29) is 0 Å². The first-order chi connectivity index (χ1) is 12.8. The zero-order valence-corrected chi connectivity index (χ0v) is 15.0. The summed E-state index contributed by atoms with van der Waals surface area (Å²) in [4.78, 5) is 10.7. The van der Waals surface area contributed by atoms with Gasteiger partial charge in [0, 0.05) is 32.5 Å². The second-order valence-corrected chi connectivity index (χ2v) is 6.18. The molecular weight excluding hydrogens is 324 g/mol. The summed E-state index contributed by atoms with van der Waals surface area (Å²) in [5.74, 6) is 1.39. The van der Waals surface area contributed by atoms with E-state index in [1.807, 2.05) is 37.6 Å². The molecule has 0 amide bonds. The number of likely N-dealkylation sites (N-methyl/N-ethyl adjacent to an activating group) is 1. The number of anilines is 2. The van der Waals surface area contributed by atoms with E-state index in [4.69, 9.17) is 0 Å². The average molecular weight is 348 g/mol. The fourth-order valence-electron chi connectivity index (χ4n) is 2.65. The summed E-state index contributed by atoms with van der Waals surface area (Å²) < 4.78 is 0. The highest BCUT2D eigenvalue weighted by molar-refractivity contribution is 5.39. The molecule has 3 aromatic rings. The lowest BCUT2D eigenvalue weighted by Crippen LogP contribution is -2.22. The number of hydrogen-bond acceptors (Lipinski definition) is 6. The van der Waals surface area contributed by atoms with Crippen molar-refractivity contribution < 1.29 is 0 Å². The van der Waals surface area contributed by atoms with Gasteiger partial charge in [-0.2, -0.15) is 10.1 Å². The standard InChI is InChI=1S/C20H24N6/c1-26(15-11-18-9-13-21-14-10-18)19-16-23-25-20(24-19)22-12-5-8-17-6-3-2-4-7-17/h2-4,6-7,9-10,13-14,16H,5,8,11-12,15H2,1H3,(H,22,24,25). The molecule has 3 rings (SSSR count). The van der Waals surface area contributed by atoms with Crippen LogP contribution in [0.25, 0.3) is 0 Å². The van der Waals surface area contributed by atoms with Crippen LogP contribution in [0.5, 0.6) is 0 Å². The van der Waals surface area contributed by atoms with Crippen molar-refractivity contribution in [1.82, 2.24) is 20.2 Å². The van der Waals surface area contributed by atoms with Gasteiger partial charge in [0.1, 0.15) is 0 Å². The first kappa shape index (κ1) is 17.8. The summed E-state index contributed by atoms with van der Waals surface area (Å²) in [6, 6.07) is 14.5. The van der Waals surface area contributed by atoms with Crippen LogP contribution < -0.4 is 10.2 Å². The van der Waals surface area contributed by atoms with Crippen molar-refractivity contribution in [3.8, 4) is 0 Å². The van der Waals surface area contributed by atoms with Gasteiger partial charge in [-0.1, -0.05) is 30.3 Å². The van der Waals surface area contributed by atoms with Gasteiger partial charge in [0.05, 0.1) is 6.20 Å². The van der Waals surface area contributed by atoms with Crippen LogP contribution in [0.1, 0.15) is 17.5 Å². The summed E-state index contributed by atoms with van der Waals surface area (Å²) in [7, 11) is 2.02. The molecule has 0 aliphatic rings. The van der Waals surface area contributed by atoms with Gasteiger partial charge in [-0.25, -0.2) is 0 Å². The van der Waals surface area contributed by atoms with E-state index in [1.54, 1.807) is 6.20 Å². The molecule has 0 aliphatic carbocycles. The Morgan fingerprint density at radius 2 is 1.73 bits per heavy atom. The topological polar surface area (TPSA) is 66.8 Å². The van der Waals surface area contributed by atoms with Crippen molar-refractivity contribution in [1.29, 1.82) is 0 Å². The number of rotatable bonds is 9. The lowest BCUT2D eigenvalue weighted by Gasteiger charge is -2.18. The van der Waals surface area contributed by atoms with Gasteiger partial charge >= 0.3 is 0 Å². The molecule has 0 saturated carbocycles. The molecule has 1 aromatic carbocycles. The predicted molar refractivity (Wildman–Crippen MR) is 104 cm³/mol. The number of aryl methyl sites for hydroxylation is 1. The Kier molecular flexibility index (Phi) is 6.47. The first-order valence-electron chi connectivity index (χ1n) is 8.89. The first-order valence-corrected chi connectivity index (χ1v) is 8.89. The van der Waals surface area contributed by atoms with E-state index in [9.17, 15) is 0 Å². The van der Waals surface area contributed by atoms with Crippen molar-refractivity contribution in [2.75, 3.05) is 30.4 Å². The minimum absolute atomic E-state index is 0.575. The Bertz CT molecular complexity index is 779. The highest BCUT2D eigenvalue weighted by Gasteiger charge is 2.06. The molecule has 0 saturated heterocycles. The molecule has 0 radical (unpaired) electrons. The maximum atomic E-state index is 4.56. The second kappa shape index (κ2) is 9.46. The lowest BCUT2D eigenvalue weighted by molar-refractivity contribution is 0.820. The third-order valence-corrected chi connectivity index (χ3v) is 4.19. The number of hydrogen-bond donors (Lipinski definition) is 1. The van der Waals surface area contributed by atoms with E-state index < -0.39 is 0 Å². The third-order valence-electron chi connectivity index (χ3n) is 4.19. The van der Waals surface area contributed by atoms with Gasteiger partial charge in [0.2, 0.25) is 5.95 Å². The fraction of sp³-hybridized carbons (Fsp3) is 0.300.